The van der Waals surface area contributed by atoms with E-state index in [1.165, 1.54) is 4.40 Å². The average Bonchev–Trinajstić information content (AvgIpc) is 2.68. The zero-order chi connectivity index (χ0) is 17.1. The molecule has 2 heterocycles. The molecule has 4 rings (SSSR count). The van der Waals surface area contributed by atoms with Gasteiger partial charge < -0.3 is 4.74 Å². The molecule has 2 aromatic heterocycles. The molecule has 0 amide bonds. The first-order chi connectivity index (χ1) is 12.3. The summed E-state index contributed by atoms with van der Waals surface area (Å²) in [6.07, 6.45) is 3.33. The molecule has 2 aromatic carbocycles. The SMILES string of the molecule is O=c1c(-c2ccccc2)cnc2c(OCc3ccccc3)cccn12. The van der Waals surface area contributed by atoms with Crippen LogP contribution < -0.4 is 10.3 Å². The van der Waals surface area contributed by atoms with Crippen LogP contribution in [0.15, 0.2) is 90.0 Å². The van der Waals surface area contributed by atoms with E-state index in [4.69, 9.17) is 4.74 Å². The fourth-order valence-electron chi connectivity index (χ4n) is 2.74. The van der Waals surface area contributed by atoms with E-state index in [9.17, 15) is 4.79 Å². The second kappa shape index (κ2) is 6.61. The zero-order valence-electron chi connectivity index (χ0n) is 13.5. The number of hydrogen-bond donors (Lipinski definition) is 0. The highest BCUT2D eigenvalue weighted by Gasteiger charge is 2.10. The van der Waals surface area contributed by atoms with Crippen molar-refractivity contribution in [2.75, 3.05) is 0 Å². The van der Waals surface area contributed by atoms with E-state index in [1.54, 1.807) is 18.5 Å². The second-order valence-corrected chi connectivity index (χ2v) is 5.68. The topological polar surface area (TPSA) is 43.6 Å². The first-order valence-corrected chi connectivity index (χ1v) is 8.05. The van der Waals surface area contributed by atoms with Crippen LogP contribution in [0.25, 0.3) is 16.8 Å². The van der Waals surface area contributed by atoms with Crippen molar-refractivity contribution in [3.8, 4) is 16.9 Å². The molecular formula is C21H16N2O2. The number of benzene rings is 2. The van der Waals surface area contributed by atoms with Gasteiger partial charge in [-0.05, 0) is 23.3 Å². The van der Waals surface area contributed by atoms with Crippen LogP contribution in [0.2, 0.25) is 0 Å². The fraction of sp³-hybridized carbons (Fsp3) is 0.0476. The van der Waals surface area contributed by atoms with Gasteiger partial charge in [-0.15, -0.1) is 0 Å². The Morgan fingerprint density at radius 3 is 2.36 bits per heavy atom. The summed E-state index contributed by atoms with van der Waals surface area (Å²) in [5.41, 5.74) is 2.89. The van der Waals surface area contributed by atoms with E-state index in [2.05, 4.69) is 4.98 Å². The number of pyridine rings is 1. The van der Waals surface area contributed by atoms with Gasteiger partial charge in [-0.25, -0.2) is 4.98 Å². The minimum absolute atomic E-state index is 0.110. The molecule has 0 saturated heterocycles. The number of hydrogen-bond acceptors (Lipinski definition) is 3. The summed E-state index contributed by atoms with van der Waals surface area (Å²) < 4.78 is 7.41. The Hall–Kier alpha value is -3.40. The standard InChI is InChI=1S/C21H16N2O2/c24-21-18(17-10-5-2-6-11-17)14-22-20-19(12-7-13-23(20)21)25-15-16-8-3-1-4-9-16/h1-14H,15H2. The minimum Gasteiger partial charge on any atom is -0.485 e. The molecule has 25 heavy (non-hydrogen) atoms. The maximum atomic E-state index is 12.8. The molecule has 122 valence electrons. The van der Waals surface area contributed by atoms with Gasteiger partial charge in [0.15, 0.2) is 11.4 Å². The molecule has 4 heteroatoms. The van der Waals surface area contributed by atoms with Crippen molar-refractivity contribution < 1.29 is 4.74 Å². The van der Waals surface area contributed by atoms with Gasteiger partial charge in [-0.2, -0.15) is 0 Å². The molecule has 0 unspecified atom stereocenters. The van der Waals surface area contributed by atoms with Gasteiger partial charge in [-0.3, -0.25) is 9.20 Å². The predicted molar refractivity (Wildman–Crippen MR) is 97.7 cm³/mol. The largest absolute Gasteiger partial charge is 0.485 e. The molecule has 0 radical (unpaired) electrons. The number of ether oxygens (including phenoxy) is 1. The molecule has 0 atom stereocenters. The first kappa shape index (κ1) is 15.1. The summed E-state index contributed by atoms with van der Waals surface area (Å²) >= 11 is 0. The lowest BCUT2D eigenvalue weighted by atomic mass is 10.1. The summed E-state index contributed by atoms with van der Waals surface area (Å²) in [6.45, 7) is 0.427. The van der Waals surface area contributed by atoms with Gasteiger partial charge >= 0.3 is 0 Å². The van der Waals surface area contributed by atoms with Gasteiger partial charge in [0.1, 0.15) is 6.61 Å². The molecule has 4 nitrogen and oxygen atoms in total. The molecular weight excluding hydrogens is 312 g/mol. The highest BCUT2D eigenvalue weighted by molar-refractivity contribution is 5.64. The van der Waals surface area contributed by atoms with Crippen LogP contribution in [0.4, 0.5) is 0 Å². The summed E-state index contributed by atoms with van der Waals surface area (Å²) in [5.74, 6) is 0.586. The van der Waals surface area contributed by atoms with Crippen molar-refractivity contribution in [1.82, 2.24) is 9.38 Å². The summed E-state index contributed by atoms with van der Waals surface area (Å²) in [4.78, 5) is 17.3. The Morgan fingerprint density at radius 1 is 0.880 bits per heavy atom. The van der Waals surface area contributed by atoms with Crippen LogP contribution in [0, 0.1) is 0 Å². The number of aromatic nitrogens is 2. The van der Waals surface area contributed by atoms with Crippen molar-refractivity contribution in [3.05, 3.63) is 101 Å². The Balaban J connectivity index is 1.73. The van der Waals surface area contributed by atoms with Crippen LogP contribution >= 0.6 is 0 Å². The van der Waals surface area contributed by atoms with Gasteiger partial charge in [-0.1, -0.05) is 60.7 Å². The van der Waals surface area contributed by atoms with E-state index >= 15 is 0 Å². The lowest BCUT2D eigenvalue weighted by molar-refractivity contribution is 0.308. The molecule has 0 aliphatic heterocycles. The smallest absolute Gasteiger partial charge is 0.265 e. The molecule has 0 spiro atoms. The Labute approximate surface area is 145 Å². The lowest BCUT2D eigenvalue weighted by Crippen LogP contribution is -2.17. The highest BCUT2D eigenvalue weighted by Crippen LogP contribution is 2.20. The van der Waals surface area contributed by atoms with Crippen LogP contribution in [-0.4, -0.2) is 9.38 Å². The Morgan fingerprint density at radius 2 is 1.60 bits per heavy atom. The van der Waals surface area contributed by atoms with E-state index in [0.717, 1.165) is 11.1 Å². The molecule has 4 aromatic rings. The molecule has 0 N–H and O–H groups in total. The van der Waals surface area contributed by atoms with Crippen LogP contribution in [-0.2, 0) is 6.61 Å². The van der Waals surface area contributed by atoms with Crippen molar-refractivity contribution in [2.45, 2.75) is 6.61 Å². The van der Waals surface area contributed by atoms with Gasteiger partial charge in [0.25, 0.3) is 5.56 Å². The lowest BCUT2D eigenvalue weighted by Gasteiger charge is -2.10. The normalized spacial score (nSPS) is 10.7. The first-order valence-electron chi connectivity index (χ1n) is 8.05. The molecule has 0 bridgehead atoms. The monoisotopic (exact) mass is 328 g/mol. The molecule has 0 saturated carbocycles. The predicted octanol–water partition coefficient (Wildman–Crippen LogP) is 3.94. The van der Waals surface area contributed by atoms with E-state index < -0.39 is 0 Å². The van der Waals surface area contributed by atoms with E-state index in [-0.39, 0.29) is 5.56 Å². The van der Waals surface area contributed by atoms with E-state index in [0.29, 0.717) is 23.6 Å². The summed E-state index contributed by atoms with van der Waals surface area (Å²) in [6, 6.07) is 23.1. The third kappa shape index (κ3) is 3.02. The van der Waals surface area contributed by atoms with Crippen LogP contribution in [0.5, 0.6) is 5.75 Å². The van der Waals surface area contributed by atoms with Crippen molar-refractivity contribution in [1.29, 1.82) is 0 Å². The third-order valence-corrected chi connectivity index (χ3v) is 4.02. The number of fused-ring (bicyclic) bond motifs is 1. The quantitative estimate of drug-likeness (QED) is 0.570. The average molecular weight is 328 g/mol. The third-order valence-electron chi connectivity index (χ3n) is 4.02. The minimum atomic E-state index is -0.110. The molecule has 0 fully saturated rings. The van der Waals surface area contributed by atoms with Crippen LogP contribution in [0.3, 0.4) is 0 Å². The molecule has 0 aliphatic carbocycles. The number of rotatable bonds is 4. The van der Waals surface area contributed by atoms with Gasteiger partial charge in [0, 0.05) is 12.4 Å². The van der Waals surface area contributed by atoms with E-state index in [1.807, 2.05) is 66.7 Å². The maximum absolute atomic E-state index is 12.8. The maximum Gasteiger partial charge on any atom is 0.265 e. The van der Waals surface area contributed by atoms with Gasteiger partial charge in [0.05, 0.1) is 5.56 Å². The zero-order valence-corrected chi connectivity index (χ0v) is 13.5. The number of nitrogens with zero attached hydrogens (tertiary/aromatic N) is 2. The van der Waals surface area contributed by atoms with Crippen molar-refractivity contribution in [3.63, 3.8) is 0 Å². The summed E-state index contributed by atoms with van der Waals surface area (Å²) in [5, 5.41) is 0. The van der Waals surface area contributed by atoms with Crippen LogP contribution in [0.1, 0.15) is 5.56 Å². The summed E-state index contributed by atoms with van der Waals surface area (Å²) in [7, 11) is 0. The second-order valence-electron chi connectivity index (χ2n) is 5.68. The Bertz CT molecular complexity index is 1060. The van der Waals surface area contributed by atoms with Crippen molar-refractivity contribution in [2.24, 2.45) is 0 Å². The Kier molecular flexibility index (Phi) is 4.01. The van der Waals surface area contributed by atoms with Crippen molar-refractivity contribution >= 4 is 5.65 Å². The van der Waals surface area contributed by atoms with Gasteiger partial charge in [0.2, 0.25) is 0 Å². The fourth-order valence-corrected chi connectivity index (χ4v) is 2.74. The molecule has 0 aliphatic rings. The highest BCUT2D eigenvalue weighted by atomic mass is 16.5.